The lowest BCUT2D eigenvalue weighted by Gasteiger charge is -2.26. The van der Waals surface area contributed by atoms with Gasteiger partial charge >= 0.3 is 0 Å². The summed E-state index contributed by atoms with van der Waals surface area (Å²) in [6.07, 6.45) is 0. The molecular formula is C20H25FSi. The minimum Gasteiger partial charge on any atom is -0.207 e. The topological polar surface area (TPSA) is 0 Å². The van der Waals surface area contributed by atoms with Crippen molar-refractivity contribution in [3.63, 3.8) is 0 Å². The highest BCUT2D eigenvalue weighted by Crippen LogP contribution is 2.30. The van der Waals surface area contributed by atoms with Crippen molar-refractivity contribution in [2.24, 2.45) is 0 Å². The number of hydrogen-bond acceptors (Lipinski definition) is 0. The molecular weight excluding hydrogens is 287 g/mol. The SMILES string of the molecule is CC[Si](/C=C(/c1ccccc1)c1ccc(F)cc1)(CC)CC. The van der Waals surface area contributed by atoms with Gasteiger partial charge in [-0.3, -0.25) is 0 Å². The molecule has 0 spiro atoms. The second-order valence-electron chi connectivity index (χ2n) is 5.85. The van der Waals surface area contributed by atoms with Crippen molar-refractivity contribution in [1.29, 1.82) is 0 Å². The van der Waals surface area contributed by atoms with Crippen molar-refractivity contribution in [2.45, 2.75) is 38.9 Å². The van der Waals surface area contributed by atoms with Gasteiger partial charge in [0.2, 0.25) is 0 Å². The summed E-state index contributed by atoms with van der Waals surface area (Å²) in [5, 5.41) is 0. The van der Waals surface area contributed by atoms with E-state index in [9.17, 15) is 4.39 Å². The molecule has 0 aliphatic heterocycles. The fourth-order valence-corrected chi connectivity index (χ4v) is 6.00. The highest BCUT2D eigenvalue weighted by Gasteiger charge is 2.25. The van der Waals surface area contributed by atoms with E-state index in [2.05, 4.69) is 50.7 Å². The number of rotatable bonds is 6. The van der Waals surface area contributed by atoms with Crippen molar-refractivity contribution < 1.29 is 4.39 Å². The van der Waals surface area contributed by atoms with Crippen LogP contribution in [0.25, 0.3) is 5.57 Å². The molecule has 2 rings (SSSR count). The zero-order valence-electron chi connectivity index (χ0n) is 13.8. The van der Waals surface area contributed by atoms with Gasteiger partial charge in [0.05, 0.1) is 8.07 Å². The molecule has 0 fully saturated rings. The first-order valence-electron chi connectivity index (χ1n) is 8.18. The van der Waals surface area contributed by atoms with E-state index in [0.29, 0.717) is 0 Å². The Balaban J connectivity index is 2.58. The van der Waals surface area contributed by atoms with E-state index in [1.165, 1.54) is 29.3 Å². The fourth-order valence-electron chi connectivity index (χ4n) is 2.94. The first-order valence-corrected chi connectivity index (χ1v) is 10.9. The third kappa shape index (κ3) is 3.75. The summed E-state index contributed by atoms with van der Waals surface area (Å²) in [5.74, 6) is -0.179. The number of hydrogen-bond donors (Lipinski definition) is 0. The predicted molar refractivity (Wildman–Crippen MR) is 97.1 cm³/mol. The zero-order chi connectivity index (χ0) is 16.0. The molecule has 0 heterocycles. The van der Waals surface area contributed by atoms with Crippen LogP contribution in [0.1, 0.15) is 31.9 Å². The van der Waals surface area contributed by atoms with Crippen molar-refractivity contribution in [3.05, 3.63) is 77.2 Å². The van der Waals surface area contributed by atoms with Crippen LogP contribution in [0.2, 0.25) is 18.1 Å². The molecule has 0 bridgehead atoms. The lowest BCUT2D eigenvalue weighted by atomic mass is 10.00. The highest BCUT2D eigenvalue weighted by molar-refractivity contribution is 6.85. The molecule has 0 atom stereocenters. The lowest BCUT2D eigenvalue weighted by molar-refractivity contribution is 0.627. The van der Waals surface area contributed by atoms with Crippen molar-refractivity contribution in [3.8, 4) is 0 Å². The molecule has 2 aromatic carbocycles. The molecule has 0 N–H and O–H groups in total. The molecule has 116 valence electrons. The molecule has 2 heteroatoms. The summed E-state index contributed by atoms with van der Waals surface area (Å²) < 4.78 is 13.3. The van der Waals surface area contributed by atoms with Crippen LogP contribution in [0.5, 0.6) is 0 Å². The summed E-state index contributed by atoms with van der Waals surface area (Å²) in [6, 6.07) is 21.1. The van der Waals surface area contributed by atoms with E-state index in [1.54, 1.807) is 12.1 Å². The minimum atomic E-state index is -1.42. The van der Waals surface area contributed by atoms with E-state index in [-0.39, 0.29) is 5.82 Å². The van der Waals surface area contributed by atoms with Crippen LogP contribution in [0.15, 0.2) is 60.3 Å². The van der Waals surface area contributed by atoms with E-state index in [1.807, 2.05) is 18.2 Å². The van der Waals surface area contributed by atoms with Gasteiger partial charge in [0.15, 0.2) is 0 Å². The monoisotopic (exact) mass is 312 g/mol. The normalized spacial score (nSPS) is 12.5. The van der Waals surface area contributed by atoms with E-state index >= 15 is 0 Å². The van der Waals surface area contributed by atoms with Gasteiger partial charge in [0.25, 0.3) is 0 Å². The molecule has 0 nitrogen and oxygen atoms in total. The smallest absolute Gasteiger partial charge is 0.123 e. The maximum Gasteiger partial charge on any atom is 0.123 e. The maximum absolute atomic E-state index is 13.3. The van der Waals surface area contributed by atoms with Crippen LogP contribution in [0.4, 0.5) is 4.39 Å². The van der Waals surface area contributed by atoms with Crippen molar-refractivity contribution in [2.75, 3.05) is 0 Å². The first kappa shape index (κ1) is 16.7. The van der Waals surface area contributed by atoms with Crippen molar-refractivity contribution >= 4 is 13.6 Å². The van der Waals surface area contributed by atoms with Gasteiger partial charge in [-0.1, -0.05) is 87.1 Å². The largest absolute Gasteiger partial charge is 0.207 e. The molecule has 0 aliphatic rings. The van der Waals surface area contributed by atoms with Crippen LogP contribution in [-0.4, -0.2) is 8.07 Å². The van der Waals surface area contributed by atoms with Gasteiger partial charge in [-0.2, -0.15) is 0 Å². The van der Waals surface area contributed by atoms with Gasteiger partial charge in [-0.15, -0.1) is 0 Å². The van der Waals surface area contributed by atoms with Crippen LogP contribution >= 0.6 is 0 Å². The Morgan fingerprint density at radius 2 is 1.32 bits per heavy atom. The third-order valence-electron chi connectivity index (χ3n) is 4.80. The molecule has 0 radical (unpaired) electrons. The van der Waals surface area contributed by atoms with Crippen LogP contribution in [-0.2, 0) is 0 Å². The Bertz CT molecular complexity index is 602. The molecule has 0 aromatic heterocycles. The average molecular weight is 313 g/mol. The zero-order valence-corrected chi connectivity index (χ0v) is 14.8. The Morgan fingerprint density at radius 1 is 0.818 bits per heavy atom. The summed E-state index contributed by atoms with van der Waals surface area (Å²) >= 11 is 0. The van der Waals surface area contributed by atoms with Crippen LogP contribution < -0.4 is 0 Å². The molecule has 0 aliphatic carbocycles. The number of halogens is 1. The molecule has 0 saturated carbocycles. The predicted octanol–water partition coefficient (Wildman–Crippen LogP) is 6.31. The third-order valence-corrected chi connectivity index (χ3v) is 9.93. The van der Waals surface area contributed by atoms with Gasteiger partial charge in [0.1, 0.15) is 5.82 Å². The molecule has 2 aromatic rings. The highest BCUT2D eigenvalue weighted by atomic mass is 28.3. The Kier molecular flexibility index (Phi) is 5.73. The van der Waals surface area contributed by atoms with Gasteiger partial charge in [-0.25, -0.2) is 4.39 Å². The summed E-state index contributed by atoms with van der Waals surface area (Å²) in [4.78, 5) is 0. The summed E-state index contributed by atoms with van der Waals surface area (Å²) in [5.41, 5.74) is 6.13. The van der Waals surface area contributed by atoms with Crippen molar-refractivity contribution in [1.82, 2.24) is 0 Å². The Labute approximate surface area is 134 Å². The standard InChI is InChI=1S/C20H25FSi/c1-4-22(5-2,6-3)16-20(17-10-8-7-9-11-17)18-12-14-19(21)15-13-18/h7-16H,4-6H2,1-3H3/b20-16-. The Hall–Kier alpha value is -1.67. The van der Waals surface area contributed by atoms with Gasteiger partial charge in [0, 0.05) is 0 Å². The average Bonchev–Trinajstić information content (AvgIpc) is 2.59. The molecule has 22 heavy (non-hydrogen) atoms. The van der Waals surface area contributed by atoms with Crippen LogP contribution in [0, 0.1) is 5.82 Å². The second kappa shape index (κ2) is 7.55. The molecule has 0 amide bonds. The fraction of sp³-hybridized carbons (Fsp3) is 0.300. The first-order chi connectivity index (χ1) is 10.6. The van der Waals surface area contributed by atoms with E-state index < -0.39 is 8.07 Å². The van der Waals surface area contributed by atoms with E-state index in [0.717, 1.165) is 5.56 Å². The minimum absolute atomic E-state index is 0.179. The quantitative estimate of drug-likeness (QED) is 0.549. The van der Waals surface area contributed by atoms with Gasteiger partial charge < -0.3 is 0 Å². The maximum atomic E-state index is 13.3. The van der Waals surface area contributed by atoms with E-state index in [4.69, 9.17) is 0 Å². The second-order valence-corrected chi connectivity index (χ2v) is 11.0. The number of benzene rings is 2. The summed E-state index contributed by atoms with van der Waals surface area (Å²) in [7, 11) is -1.42. The molecule has 0 saturated heterocycles. The Morgan fingerprint density at radius 3 is 1.82 bits per heavy atom. The molecule has 0 unspecified atom stereocenters. The van der Waals surface area contributed by atoms with Gasteiger partial charge in [-0.05, 0) is 28.8 Å². The van der Waals surface area contributed by atoms with Crippen LogP contribution in [0.3, 0.4) is 0 Å². The lowest BCUT2D eigenvalue weighted by Crippen LogP contribution is -2.29. The summed E-state index contributed by atoms with van der Waals surface area (Å²) in [6.45, 7) is 6.93.